The van der Waals surface area contributed by atoms with Gasteiger partial charge in [0, 0.05) is 13.0 Å². The van der Waals surface area contributed by atoms with Crippen LogP contribution in [0.3, 0.4) is 0 Å². The Bertz CT molecular complexity index is 971. The van der Waals surface area contributed by atoms with E-state index in [-0.39, 0.29) is 10.9 Å². The van der Waals surface area contributed by atoms with Crippen LogP contribution in [0, 0.1) is 0 Å². The SMILES string of the molecule is O=S(=O)([O-])C(F)(F)C(F)(F)CCO.c1ccc([S+](c2ccccc2)c2ccccc2)cc1. The fourth-order valence-electron chi connectivity index (χ4n) is 2.55. The van der Waals surface area contributed by atoms with E-state index in [1.807, 2.05) is 0 Å². The molecule has 0 aliphatic heterocycles. The number of aliphatic hydroxyl groups is 1. The summed E-state index contributed by atoms with van der Waals surface area (Å²) < 4.78 is 77.8. The van der Waals surface area contributed by atoms with Gasteiger partial charge in [-0.2, -0.15) is 17.6 Å². The largest absolute Gasteiger partial charge is 0.743 e. The molecular weight excluding hydrogens is 468 g/mol. The first kappa shape index (κ1) is 25.9. The van der Waals surface area contributed by atoms with Crippen LogP contribution in [0.5, 0.6) is 0 Å². The Balaban J connectivity index is 0.000000247. The van der Waals surface area contributed by atoms with Crippen LogP contribution in [0.2, 0.25) is 0 Å². The fourth-order valence-corrected chi connectivity index (χ4v) is 5.12. The topological polar surface area (TPSA) is 77.4 Å². The monoisotopic (exact) mass is 488 g/mol. The summed E-state index contributed by atoms with van der Waals surface area (Å²) >= 11 is 0. The zero-order valence-corrected chi connectivity index (χ0v) is 18.2. The van der Waals surface area contributed by atoms with Crippen molar-refractivity contribution in [3.05, 3.63) is 91.0 Å². The Kier molecular flexibility index (Phi) is 8.85. The number of hydrogen-bond donors (Lipinski definition) is 1. The summed E-state index contributed by atoms with van der Waals surface area (Å²) in [5.41, 5.74) is 0. The molecule has 1 N–H and O–H groups in total. The van der Waals surface area contributed by atoms with Gasteiger partial charge in [-0.05, 0) is 36.4 Å². The molecule has 3 aromatic carbocycles. The number of benzene rings is 3. The van der Waals surface area contributed by atoms with E-state index >= 15 is 0 Å². The molecule has 0 radical (unpaired) electrons. The molecule has 0 saturated heterocycles. The van der Waals surface area contributed by atoms with E-state index in [0.29, 0.717) is 0 Å². The molecule has 0 amide bonds. The van der Waals surface area contributed by atoms with Gasteiger partial charge in [0.1, 0.15) is 0 Å². The lowest BCUT2D eigenvalue weighted by molar-refractivity contribution is -0.168. The molecule has 172 valence electrons. The molecule has 0 unspecified atom stereocenters. The predicted molar refractivity (Wildman–Crippen MR) is 113 cm³/mol. The van der Waals surface area contributed by atoms with Crippen LogP contribution < -0.4 is 0 Å². The summed E-state index contributed by atoms with van der Waals surface area (Å²) in [7, 11) is -6.44. The second-order valence-electron chi connectivity index (χ2n) is 6.39. The lowest BCUT2D eigenvalue weighted by atomic mass is 10.2. The molecular formula is C22H20F4O4S2. The maximum Gasteiger partial charge on any atom is 0.396 e. The minimum Gasteiger partial charge on any atom is -0.743 e. The summed E-state index contributed by atoms with van der Waals surface area (Å²) in [4.78, 5) is 4.08. The van der Waals surface area contributed by atoms with Gasteiger partial charge in [0.05, 0.1) is 10.9 Å². The second kappa shape index (κ2) is 11.0. The summed E-state index contributed by atoms with van der Waals surface area (Å²) in [5.74, 6) is -5.05. The minimum atomic E-state index is -6.43. The van der Waals surface area contributed by atoms with Gasteiger partial charge in [-0.3, -0.25) is 0 Å². The molecule has 3 rings (SSSR count). The third kappa shape index (κ3) is 6.32. The Morgan fingerprint density at radius 2 is 1.03 bits per heavy atom. The van der Waals surface area contributed by atoms with Crippen molar-refractivity contribution in [1.82, 2.24) is 0 Å². The number of alkyl halides is 4. The average molecular weight is 489 g/mol. The van der Waals surface area contributed by atoms with E-state index in [1.54, 1.807) is 0 Å². The molecule has 0 bridgehead atoms. The number of halogens is 4. The molecule has 3 aromatic rings. The van der Waals surface area contributed by atoms with E-state index in [1.165, 1.54) is 14.7 Å². The molecule has 0 fully saturated rings. The third-order valence-electron chi connectivity index (χ3n) is 4.10. The van der Waals surface area contributed by atoms with Crippen molar-refractivity contribution in [3.8, 4) is 0 Å². The number of aliphatic hydroxyl groups excluding tert-OH is 1. The summed E-state index contributed by atoms with van der Waals surface area (Å²) in [6.07, 6.45) is -1.79. The highest BCUT2D eigenvalue weighted by molar-refractivity contribution is 7.97. The second-order valence-corrected chi connectivity index (χ2v) is 9.84. The Hall–Kier alpha value is -2.40. The van der Waals surface area contributed by atoms with Gasteiger partial charge in [-0.1, -0.05) is 54.6 Å². The van der Waals surface area contributed by atoms with Gasteiger partial charge in [0.2, 0.25) is 0 Å². The van der Waals surface area contributed by atoms with Crippen molar-refractivity contribution < 1.29 is 35.6 Å². The smallest absolute Gasteiger partial charge is 0.396 e. The average Bonchev–Trinajstić information content (AvgIpc) is 2.76. The molecule has 0 aliphatic carbocycles. The van der Waals surface area contributed by atoms with Gasteiger partial charge in [-0.15, -0.1) is 0 Å². The zero-order chi connectivity index (χ0) is 23.8. The fraction of sp³-hybridized carbons (Fsp3) is 0.182. The molecule has 0 aromatic heterocycles. The number of rotatable bonds is 7. The van der Waals surface area contributed by atoms with Crippen molar-refractivity contribution in [2.45, 2.75) is 32.3 Å². The van der Waals surface area contributed by atoms with Crippen LogP contribution in [0.4, 0.5) is 17.6 Å². The predicted octanol–water partition coefficient (Wildman–Crippen LogP) is 4.92. The Labute approximate surface area is 186 Å². The maximum absolute atomic E-state index is 12.2. The number of hydrogen-bond acceptors (Lipinski definition) is 4. The normalized spacial score (nSPS) is 12.2. The highest BCUT2D eigenvalue weighted by atomic mass is 32.2. The van der Waals surface area contributed by atoms with Crippen molar-refractivity contribution in [3.63, 3.8) is 0 Å². The Morgan fingerprint density at radius 1 is 0.719 bits per heavy atom. The van der Waals surface area contributed by atoms with Crippen LogP contribution in [0.1, 0.15) is 6.42 Å². The highest BCUT2D eigenvalue weighted by Crippen LogP contribution is 2.40. The molecule has 0 heterocycles. The molecule has 0 saturated carbocycles. The van der Waals surface area contributed by atoms with Crippen LogP contribution in [0.15, 0.2) is 106 Å². The lowest BCUT2D eigenvalue weighted by Crippen LogP contribution is -2.47. The van der Waals surface area contributed by atoms with Gasteiger partial charge >= 0.3 is 11.2 Å². The van der Waals surface area contributed by atoms with Gasteiger partial charge in [-0.25, -0.2) is 8.42 Å². The highest BCUT2D eigenvalue weighted by Gasteiger charge is 2.60. The van der Waals surface area contributed by atoms with Crippen LogP contribution in [-0.2, 0) is 21.0 Å². The van der Waals surface area contributed by atoms with Crippen molar-refractivity contribution >= 4 is 21.0 Å². The minimum absolute atomic E-state index is 0.0146. The van der Waals surface area contributed by atoms with Crippen LogP contribution in [0.25, 0.3) is 0 Å². The van der Waals surface area contributed by atoms with E-state index in [9.17, 15) is 30.5 Å². The quantitative estimate of drug-likeness (QED) is 0.291. The van der Waals surface area contributed by atoms with E-state index in [0.717, 1.165) is 0 Å². The van der Waals surface area contributed by atoms with Crippen LogP contribution in [-0.4, -0.2) is 35.9 Å². The molecule has 4 nitrogen and oxygen atoms in total. The summed E-state index contributed by atoms with van der Waals surface area (Å²) in [6, 6.07) is 32.2. The van der Waals surface area contributed by atoms with Gasteiger partial charge < -0.3 is 9.66 Å². The summed E-state index contributed by atoms with van der Waals surface area (Å²) in [6.45, 7) is -1.35. The van der Waals surface area contributed by atoms with Crippen molar-refractivity contribution in [2.24, 2.45) is 0 Å². The first-order chi connectivity index (χ1) is 15.0. The lowest BCUT2D eigenvalue weighted by Gasteiger charge is -2.27. The van der Waals surface area contributed by atoms with Gasteiger partial charge in [0.25, 0.3) is 0 Å². The first-order valence-corrected chi connectivity index (χ1v) is 11.9. The van der Waals surface area contributed by atoms with Gasteiger partial charge in [0.15, 0.2) is 24.8 Å². The zero-order valence-electron chi connectivity index (χ0n) is 16.6. The van der Waals surface area contributed by atoms with E-state index < -0.39 is 34.3 Å². The molecule has 32 heavy (non-hydrogen) atoms. The molecule has 10 heteroatoms. The molecule has 0 spiro atoms. The van der Waals surface area contributed by atoms with E-state index in [4.69, 9.17) is 5.11 Å². The molecule has 0 aliphatic rings. The maximum atomic E-state index is 12.2. The van der Waals surface area contributed by atoms with Crippen molar-refractivity contribution in [2.75, 3.05) is 6.61 Å². The molecule has 0 atom stereocenters. The first-order valence-electron chi connectivity index (χ1n) is 9.22. The third-order valence-corrected chi connectivity index (χ3v) is 7.26. The van der Waals surface area contributed by atoms with Crippen molar-refractivity contribution in [1.29, 1.82) is 0 Å². The standard InChI is InChI=1S/C18H15S.C4H6F4O4S/c1-4-10-16(11-5-1)19(17-12-6-2-7-13-17)18-14-8-3-9-15-18;5-3(6,1-2-9)4(7,8)13(10,11)12/h1-15H;9H,1-2H2,(H,10,11,12)/q+1;/p-1. The summed E-state index contributed by atoms with van der Waals surface area (Å²) in [5, 5.41) is 2.23. The van der Waals surface area contributed by atoms with Crippen LogP contribution >= 0.6 is 0 Å². The van der Waals surface area contributed by atoms with E-state index in [2.05, 4.69) is 91.0 Å². The Morgan fingerprint density at radius 3 is 1.28 bits per heavy atom.